The molecule has 0 saturated carbocycles. The van der Waals surface area contributed by atoms with Crippen molar-refractivity contribution in [3.05, 3.63) is 61.2 Å². The fourth-order valence-corrected chi connectivity index (χ4v) is 1.68. The molecule has 0 heterocycles. The molecule has 0 aliphatic carbocycles. The zero-order chi connectivity index (χ0) is 12.7. The Morgan fingerprint density at radius 1 is 1.00 bits per heavy atom. The van der Waals surface area contributed by atoms with Gasteiger partial charge in [0.1, 0.15) is 18.1 Å². The van der Waals surface area contributed by atoms with Gasteiger partial charge in [0, 0.05) is 11.1 Å². The maximum Gasteiger partial charge on any atom is 0.123 e. The minimum atomic E-state index is 0.271. The third-order valence-corrected chi connectivity index (χ3v) is 2.42. The van der Waals surface area contributed by atoms with Crippen molar-refractivity contribution in [2.24, 2.45) is 0 Å². The molecule has 0 saturated heterocycles. The lowest BCUT2D eigenvalue weighted by atomic mass is 9.99. The smallest absolute Gasteiger partial charge is 0.123 e. The number of allylic oxidation sites excluding steroid dienone is 2. The summed E-state index contributed by atoms with van der Waals surface area (Å²) in [6.45, 7) is 11.5. The van der Waals surface area contributed by atoms with Gasteiger partial charge in [-0.2, -0.15) is 0 Å². The van der Waals surface area contributed by atoms with Gasteiger partial charge in [-0.15, -0.1) is 13.2 Å². The molecule has 0 aliphatic heterocycles. The van der Waals surface area contributed by atoms with Crippen LogP contribution in [0.15, 0.2) is 50.1 Å². The molecule has 90 valence electrons. The molecule has 17 heavy (non-hydrogen) atoms. The average molecular weight is 230 g/mol. The number of rotatable bonds is 7. The molecule has 2 nitrogen and oxygen atoms in total. The Morgan fingerprint density at radius 3 is 2.24 bits per heavy atom. The second-order valence-electron chi connectivity index (χ2n) is 3.63. The minimum absolute atomic E-state index is 0.271. The Labute approximate surface area is 103 Å². The normalized spacial score (nSPS) is 9.65. The van der Waals surface area contributed by atoms with Gasteiger partial charge in [0.25, 0.3) is 0 Å². The Hall–Kier alpha value is -1.96. The monoisotopic (exact) mass is 230 g/mol. The fourth-order valence-electron chi connectivity index (χ4n) is 1.68. The number of ether oxygens (including phenoxy) is 1. The molecule has 0 radical (unpaired) electrons. The van der Waals surface area contributed by atoms with Crippen molar-refractivity contribution in [1.82, 2.24) is 0 Å². The van der Waals surface area contributed by atoms with Crippen molar-refractivity contribution in [2.45, 2.75) is 12.8 Å². The average Bonchev–Trinajstić information content (AvgIpc) is 2.33. The topological polar surface area (TPSA) is 29.5 Å². The molecule has 0 spiro atoms. The van der Waals surface area contributed by atoms with Gasteiger partial charge in [0.2, 0.25) is 0 Å². The van der Waals surface area contributed by atoms with Crippen LogP contribution >= 0.6 is 0 Å². The standard InChI is InChI=1S/C15H18O2/c1-4-7-12-13(8-5-2)15(17-11-6-3)10-9-14(12)16/h4-6,9-10,16H,1-3,7-8,11H2. The van der Waals surface area contributed by atoms with Crippen LogP contribution in [0.1, 0.15) is 11.1 Å². The van der Waals surface area contributed by atoms with E-state index in [9.17, 15) is 5.11 Å². The lowest BCUT2D eigenvalue weighted by molar-refractivity contribution is 0.358. The molecule has 0 aliphatic rings. The molecule has 0 bridgehead atoms. The molecular weight excluding hydrogens is 212 g/mol. The van der Waals surface area contributed by atoms with Crippen molar-refractivity contribution in [3.63, 3.8) is 0 Å². The fraction of sp³-hybridized carbons (Fsp3) is 0.200. The van der Waals surface area contributed by atoms with Gasteiger partial charge in [0.15, 0.2) is 0 Å². The molecule has 1 aromatic carbocycles. The number of phenolic OH excluding ortho intramolecular Hbond substituents is 1. The van der Waals surface area contributed by atoms with E-state index in [1.54, 1.807) is 30.4 Å². The van der Waals surface area contributed by atoms with Gasteiger partial charge in [-0.25, -0.2) is 0 Å². The van der Waals surface area contributed by atoms with Crippen LogP contribution in [-0.4, -0.2) is 11.7 Å². The van der Waals surface area contributed by atoms with Crippen LogP contribution in [-0.2, 0) is 12.8 Å². The summed E-state index contributed by atoms with van der Waals surface area (Å²) in [7, 11) is 0. The summed E-state index contributed by atoms with van der Waals surface area (Å²) in [5.41, 5.74) is 1.81. The molecule has 2 heteroatoms. The largest absolute Gasteiger partial charge is 0.508 e. The summed E-state index contributed by atoms with van der Waals surface area (Å²) in [5, 5.41) is 9.84. The van der Waals surface area contributed by atoms with E-state index in [-0.39, 0.29) is 5.75 Å². The quantitative estimate of drug-likeness (QED) is 0.727. The summed E-state index contributed by atoms with van der Waals surface area (Å²) >= 11 is 0. The molecule has 0 amide bonds. The first-order chi connectivity index (χ1) is 8.24. The predicted octanol–water partition coefficient (Wildman–Crippen LogP) is 3.41. The second kappa shape index (κ2) is 6.59. The number of hydrogen-bond acceptors (Lipinski definition) is 2. The Bertz CT molecular complexity index is 419. The van der Waals surface area contributed by atoms with Gasteiger partial charge in [0.05, 0.1) is 0 Å². The van der Waals surface area contributed by atoms with Gasteiger partial charge in [-0.1, -0.05) is 24.8 Å². The van der Waals surface area contributed by atoms with Crippen LogP contribution in [0, 0.1) is 0 Å². The van der Waals surface area contributed by atoms with Crippen molar-refractivity contribution < 1.29 is 9.84 Å². The summed E-state index contributed by atoms with van der Waals surface area (Å²) in [5.74, 6) is 1.03. The van der Waals surface area contributed by atoms with E-state index in [1.807, 2.05) is 0 Å². The highest BCUT2D eigenvalue weighted by atomic mass is 16.5. The summed E-state index contributed by atoms with van der Waals surface area (Å²) in [6, 6.07) is 3.41. The number of aromatic hydroxyl groups is 1. The number of benzene rings is 1. The van der Waals surface area contributed by atoms with Gasteiger partial charge < -0.3 is 9.84 Å². The predicted molar refractivity (Wildman–Crippen MR) is 71.6 cm³/mol. The summed E-state index contributed by atoms with van der Waals surface area (Å²) in [6.07, 6.45) is 6.52. The first kappa shape index (κ1) is 13.1. The molecule has 1 aromatic rings. The second-order valence-corrected chi connectivity index (χ2v) is 3.63. The SMILES string of the molecule is C=CCOc1ccc(O)c(CC=C)c1CC=C. The summed E-state index contributed by atoms with van der Waals surface area (Å²) < 4.78 is 5.57. The lowest BCUT2D eigenvalue weighted by Gasteiger charge is -2.14. The van der Waals surface area contributed by atoms with Gasteiger partial charge in [-0.3, -0.25) is 0 Å². The molecule has 0 fully saturated rings. The van der Waals surface area contributed by atoms with E-state index in [1.165, 1.54) is 0 Å². The van der Waals surface area contributed by atoms with E-state index in [0.29, 0.717) is 19.4 Å². The zero-order valence-electron chi connectivity index (χ0n) is 9.98. The van der Waals surface area contributed by atoms with Crippen molar-refractivity contribution >= 4 is 0 Å². The molecule has 0 aromatic heterocycles. The Kier molecular flexibility index (Phi) is 5.08. The molecular formula is C15H18O2. The van der Waals surface area contributed by atoms with Crippen LogP contribution in [0.25, 0.3) is 0 Å². The van der Waals surface area contributed by atoms with Crippen molar-refractivity contribution in [1.29, 1.82) is 0 Å². The van der Waals surface area contributed by atoms with E-state index in [0.717, 1.165) is 16.9 Å². The van der Waals surface area contributed by atoms with E-state index < -0.39 is 0 Å². The van der Waals surface area contributed by atoms with Crippen LogP contribution in [0.3, 0.4) is 0 Å². The molecule has 0 atom stereocenters. The van der Waals surface area contributed by atoms with E-state index in [4.69, 9.17) is 4.74 Å². The minimum Gasteiger partial charge on any atom is -0.508 e. The lowest BCUT2D eigenvalue weighted by Crippen LogP contribution is -2.01. The number of phenols is 1. The Balaban J connectivity index is 3.18. The Morgan fingerprint density at radius 2 is 1.65 bits per heavy atom. The highest BCUT2D eigenvalue weighted by Gasteiger charge is 2.11. The van der Waals surface area contributed by atoms with Crippen molar-refractivity contribution in [2.75, 3.05) is 6.61 Å². The summed E-state index contributed by atoms with van der Waals surface area (Å²) in [4.78, 5) is 0. The van der Waals surface area contributed by atoms with E-state index >= 15 is 0 Å². The third-order valence-electron chi connectivity index (χ3n) is 2.42. The van der Waals surface area contributed by atoms with E-state index in [2.05, 4.69) is 19.7 Å². The van der Waals surface area contributed by atoms with Crippen LogP contribution < -0.4 is 4.74 Å². The number of hydrogen-bond donors (Lipinski definition) is 1. The first-order valence-corrected chi connectivity index (χ1v) is 5.53. The molecule has 0 unspecified atom stereocenters. The van der Waals surface area contributed by atoms with Gasteiger partial charge >= 0.3 is 0 Å². The maximum atomic E-state index is 9.84. The maximum absolute atomic E-state index is 9.84. The van der Waals surface area contributed by atoms with Crippen LogP contribution in [0.5, 0.6) is 11.5 Å². The third kappa shape index (κ3) is 3.25. The van der Waals surface area contributed by atoms with Crippen LogP contribution in [0.4, 0.5) is 0 Å². The highest BCUT2D eigenvalue weighted by Crippen LogP contribution is 2.31. The first-order valence-electron chi connectivity index (χ1n) is 5.53. The van der Waals surface area contributed by atoms with Gasteiger partial charge in [-0.05, 0) is 25.0 Å². The zero-order valence-corrected chi connectivity index (χ0v) is 9.98. The van der Waals surface area contributed by atoms with Crippen LogP contribution in [0.2, 0.25) is 0 Å². The highest BCUT2D eigenvalue weighted by molar-refractivity contribution is 5.49. The molecule has 1 rings (SSSR count). The molecule has 1 N–H and O–H groups in total. The van der Waals surface area contributed by atoms with Crippen molar-refractivity contribution in [3.8, 4) is 11.5 Å².